The summed E-state index contributed by atoms with van der Waals surface area (Å²) >= 11 is 6.24. The van der Waals surface area contributed by atoms with Gasteiger partial charge in [0.1, 0.15) is 18.2 Å². The number of rotatable bonds is 6. The molecule has 0 bridgehead atoms. The number of aliphatic imine (C=N–C) groups is 1. The van der Waals surface area contributed by atoms with E-state index in [0.717, 1.165) is 23.2 Å². The zero-order valence-electron chi connectivity index (χ0n) is 20.1. The van der Waals surface area contributed by atoms with Crippen LogP contribution in [0.1, 0.15) is 40.6 Å². The Morgan fingerprint density at radius 1 is 0.973 bits per heavy atom. The number of para-hydroxylation sites is 1. The number of fused-ring (bicyclic) bond motifs is 3. The molecule has 0 spiro atoms. The molecule has 6 rings (SSSR count). The van der Waals surface area contributed by atoms with Crippen LogP contribution in [0.25, 0.3) is 0 Å². The smallest absolute Gasteiger partial charge is 0.128 e. The highest BCUT2D eigenvalue weighted by atomic mass is 35.5. The lowest BCUT2D eigenvalue weighted by molar-refractivity contribution is 0.305. The van der Waals surface area contributed by atoms with Gasteiger partial charge in [-0.3, -0.25) is 4.99 Å². The van der Waals surface area contributed by atoms with Crippen molar-refractivity contribution in [3.63, 3.8) is 0 Å². The van der Waals surface area contributed by atoms with Gasteiger partial charge in [0.25, 0.3) is 0 Å². The van der Waals surface area contributed by atoms with Crippen molar-refractivity contribution in [1.82, 2.24) is 0 Å². The fraction of sp³-hybridized carbons (Fsp3) is 0.156. The Labute approximate surface area is 221 Å². The molecular weight excluding hydrogens is 483 g/mol. The van der Waals surface area contributed by atoms with Gasteiger partial charge in [-0.15, -0.1) is 0 Å². The Kier molecular flexibility index (Phi) is 6.50. The van der Waals surface area contributed by atoms with Crippen LogP contribution in [0.2, 0.25) is 5.02 Å². The summed E-state index contributed by atoms with van der Waals surface area (Å²) in [6, 6.07) is 29.1. The Hall–Kier alpha value is -3.89. The molecule has 4 aromatic carbocycles. The third-order valence-corrected chi connectivity index (χ3v) is 7.37. The van der Waals surface area contributed by atoms with Crippen molar-refractivity contribution in [2.24, 2.45) is 10.9 Å². The maximum Gasteiger partial charge on any atom is 0.128 e. The number of nitrogens with zero attached hydrogens (tertiary/aromatic N) is 1. The van der Waals surface area contributed by atoms with Crippen LogP contribution >= 0.6 is 11.6 Å². The lowest BCUT2D eigenvalue weighted by atomic mass is 9.77. The first-order valence-electron chi connectivity index (χ1n) is 12.5. The minimum absolute atomic E-state index is 0.253. The van der Waals surface area contributed by atoms with E-state index in [9.17, 15) is 4.39 Å². The van der Waals surface area contributed by atoms with Gasteiger partial charge in [-0.05, 0) is 77.6 Å². The number of ether oxygens (including phenoxy) is 1. The molecule has 0 saturated carbocycles. The Balaban J connectivity index is 1.19. The van der Waals surface area contributed by atoms with Crippen molar-refractivity contribution in [2.45, 2.75) is 25.0 Å². The van der Waals surface area contributed by atoms with Crippen LogP contribution in [0.4, 0.5) is 15.8 Å². The summed E-state index contributed by atoms with van der Waals surface area (Å²) in [5.41, 5.74) is 6.22. The SMILES string of the molecule is Fc1cccc(COc2ccc(Cl)cc2C=Nc2ccc([C@@H]3Nc4ccccc4[C@H]4C=CC[C@H]43)cc2)c1. The summed E-state index contributed by atoms with van der Waals surface area (Å²) in [5, 5.41) is 4.37. The summed E-state index contributed by atoms with van der Waals surface area (Å²) in [7, 11) is 0. The van der Waals surface area contributed by atoms with Gasteiger partial charge in [-0.1, -0.05) is 66.2 Å². The van der Waals surface area contributed by atoms with Crippen molar-refractivity contribution in [3.05, 3.63) is 136 Å². The summed E-state index contributed by atoms with van der Waals surface area (Å²) in [6.45, 7) is 0.253. The zero-order chi connectivity index (χ0) is 25.2. The summed E-state index contributed by atoms with van der Waals surface area (Å²) in [5.74, 6) is 1.32. The summed E-state index contributed by atoms with van der Waals surface area (Å²) in [4.78, 5) is 4.68. The molecule has 5 heteroatoms. The molecule has 0 aromatic heterocycles. The number of nitrogens with one attached hydrogen (secondary N) is 1. The molecule has 0 radical (unpaired) electrons. The Morgan fingerprint density at radius 3 is 2.70 bits per heavy atom. The first-order valence-corrected chi connectivity index (χ1v) is 12.8. The van der Waals surface area contributed by atoms with E-state index in [1.54, 1.807) is 18.3 Å². The number of allylic oxidation sites excluding steroid dienone is 2. The topological polar surface area (TPSA) is 33.6 Å². The third-order valence-electron chi connectivity index (χ3n) is 7.13. The van der Waals surface area contributed by atoms with Crippen molar-refractivity contribution in [1.29, 1.82) is 0 Å². The third kappa shape index (κ3) is 5.03. The summed E-state index contributed by atoms with van der Waals surface area (Å²) < 4.78 is 19.5. The molecule has 1 aliphatic carbocycles. The molecular formula is C32H26ClFN2O. The van der Waals surface area contributed by atoms with Crippen molar-refractivity contribution >= 4 is 29.2 Å². The normalized spacial score (nSPS) is 19.9. The number of hydrogen-bond donors (Lipinski definition) is 1. The van der Waals surface area contributed by atoms with E-state index < -0.39 is 0 Å². The Morgan fingerprint density at radius 2 is 1.84 bits per heavy atom. The van der Waals surface area contributed by atoms with Crippen LogP contribution in [0.5, 0.6) is 5.75 Å². The second-order valence-corrected chi connectivity index (χ2v) is 9.95. The zero-order valence-corrected chi connectivity index (χ0v) is 20.9. The largest absolute Gasteiger partial charge is 0.488 e. The van der Waals surface area contributed by atoms with Crippen molar-refractivity contribution in [2.75, 3.05) is 5.32 Å². The highest BCUT2D eigenvalue weighted by Crippen LogP contribution is 2.49. The average Bonchev–Trinajstić information content (AvgIpc) is 3.42. The monoisotopic (exact) mass is 508 g/mol. The predicted octanol–water partition coefficient (Wildman–Crippen LogP) is 8.64. The first kappa shape index (κ1) is 23.5. The van der Waals surface area contributed by atoms with E-state index in [2.05, 4.69) is 58.9 Å². The van der Waals surface area contributed by atoms with E-state index in [1.165, 1.54) is 28.9 Å². The van der Waals surface area contributed by atoms with Gasteiger partial charge in [0.15, 0.2) is 0 Å². The fourth-order valence-corrected chi connectivity index (χ4v) is 5.51. The van der Waals surface area contributed by atoms with Crippen LogP contribution in [0.15, 0.2) is 108 Å². The quantitative estimate of drug-likeness (QED) is 0.209. The van der Waals surface area contributed by atoms with Gasteiger partial charge < -0.3 is 10.1 Å². The summed E-state index contributed by atoms with van der Waals surface area (Å²) in [6.07, 6.45) is 7.50. The van der Waals surface area contributed by atoms with Crippen LogP contribution in [0, 0.1) is 11.7 Å². The van der Waals surface area contributed by atoms with E-state index in [-0.39, 0.29) is 18.5 Å². The minimum Gasteiger partial charge on any atom is -0.488 e. The van der Waals surface area contributed by atoms with Crippen LogP contribution < -0.4 is 10.1 Å². The molecule has 3 nitrogen and oxygen atoms in total. The lowest BCUT2D eigenvalue weighted by Gasteiger charge is -2.37. The first-order chi connectivity index (χ1) is 18.1. The number of halogens is 2. The second-order valence-electron chi connectivity index (χ2n) is 9.51. The van der Waals surface area contributed by atoms with Gasteiger partial charge in [-0.2, -0.15) is 0 Å². The molecule has 4 aromatic rings. The van der Waals surface area contributed by atoms with Gasteiger partial charge in [-0.25, -0.2) is 4.39 Å². The molecule has 0 saturated heterocycles. The molecule has 1 heterocycles. The fourth-order valence-electron chi connectivity index (χ4n) is 5.32. The molecule has 1 aliphatic heterocycles. The lowest BCUT2D eigenvalue weighted by Crippen LogP contribution is -2.28. The van der Waals surface area contributed by atoms with E-state index in [1.807, 2.05) is 30.3 Å². The van der Waals surface area contributed by atoms with Gasteiger partial charge in [0, 0.05) is 28.4 Å². The highest BCUT2D eigenvalue weighted by Gasteiger charge is 2.37. The molecule has 0 amide bonds. The molecule has 0 unspecified atom stereocenters. The molecule has 0 fully saturated rings. The number of hydrogen-bond acceptors (Lipinski definition) is 3. The number of benzene rings is 4. The second kappa shape index (κ2) is 10.2. The van der Waals surface area contributed by atoms with Crippen LogP contribution in [-0.2, 0) is 6.61 Å². The maximum atomic E-state index is 13.5. The minimum atomic E-state index is -0.283. The average molecular weight is 509 g/mol. The van der Waals surface area contributed by atoms with Crippen molar-refractivity contribution in [3.8, 4) is 5.75 Å². The maximum absolute atomic E-state index is 13.5. The van der Waals surface area contributed by atoms with Gasteiger partial charge in [0.05, 0.1) is 11.7 Å². The van der Waals surface area contributed by atoms with Gasteiger partial charge >= 0.3 is 0 Å². The van der Waals surface area contributed by atoms with E-state index in [4.69, 9.17) is 16.3 Å². The van der Waals surface area contributed by atoms with Gasteiger partial charge in [0.2, 0.25) is 0 Å². The van der Waals surface area contributed by atoms with Crippen LogP contribution in [-0.4, -0.2) is 6.21 Å². The van der Waals surface area contributed by atoms with Crippen LogP contribution in [0.3, 0.4) is 0 Å². The number of anilines is 1. The molecule has 3 atom stereocenters. The van der Waals surface area contributed by atoms with Crippen molar-refractivity contribution < 1.29 is 9.13 Å². The van der Waals surface area contributed by atoms with E-state index >= 15 is 0 Å². The Bertz CT molecular complexity index is 1480. The molecule has 2 aliphatic rings. The van der Waals surface area contributed by atoms with E-state index in [0.29, 0.717) is 22.6 Å². The standard InChI is InChI=1S/C32H26ClFN2O/c33-24-13-16-31(37-20-21-5-3-6-25(34)17-21)23(18-24)19-35-26-14-11-22(12-15-26)32-29-9-4-8-27(29)28-7-1-2-10-30(28)36-32/h1-8,10-19,27,29,32,36H,9,20H2/t27-,29-,32+/m1/s1. The molecule has 37 heavy (non-hydrogen) atoms. The predicted molar refractivity (Wildman–Crippen MR) is 149 cm³/mol. The molecule has 184 valence electrons. The molecule has 1 N–H and O–H groups in total. The highest BCUT2D eigenvalue weighted by molar-refractivity contribution is 6.30.